The zero-order valence-electron chi connectivity index (χ0n) is 15.9. The van der Waals surface area contributed by atoms with Gasteiger partial charge in [-0.15, -0.1) is 0 Å². The predicted octanol–water partition coefficient (Wildman–Crippen LogP) is 3.73. The van der Waals surface area contributed by atoms with Gasteiger partial charge in [-0.25, -0.2) is 0 Å². The van der Waals surface area contributed by atoms with Crippen molar-refractivity contribution in [2.24, 2.45) is 0 Å². The van der Waals surface area contributed by atoms with Crippen LogP contribution in [0.15, 0.2) is 54.9 Å². The summed E-state index contributed by atoms with van der Waals surface area (Å²) in [5.41, 5.74) is 3.79. The van der Waals surface area contributed by atoms with Crippen LogP contribution in [-0.4, -0.2) is 33.1 Å². The molecule has 6 nitrogen and oxygen atoms in total. The minimum atomic E-state index is -0.429. The molecule has 0 fully saturated rings. The second kappa shape index (κ2) is 7.16. The molecule has 30 heavy (non-hydrogen) atoms. The number of aliphatic hydroxyl groups excluding tert-OH is 1. The van der Waals surface area contributed by atoms with E-state index in [1.165, 1.54) is 0 Å². The molecule has 3 N–H and O–H groups in total. The molecular formula is C23H18ClN3O3. The molecule has 0 unspecified atom stereocenters. The second-order valence-electron chi connectivity index (χ2n) is 7.26. The number of nitrogens with one attached hydrogen (secondary N) is 2. The van der Waals surface area contributed by atoms with Crippen molar-refractivity contribution in [3.8, 4) is 0 Å². The Morgan fingerprint density at radius 1 is 0.967 bits per heavy atom. The lowest BCUT2D eigenvalue weighted by Gasteiger charge is -2.03. The molecule has 2 aromatic carbocycles. The number of H-pyrrole nitrogens is 1. The van der Waals surface area contributed by atoms with Gasteiger partial charge in [-0.3, -0.25) is 14.9 Å². The molecule has 0 spiro atoms. The molecule has 150 valence electrons. The number of carbonyl (C=O) groups excluding carboxylic acids is 2. The lowest BCUT2D eigenvalue weighted by atomic mass is 9.95. The van der Waals surface area contributed by atoms with Crippen molar-refractivity contribution in [3.63, 3.8) is 0 Å². The Balaban J connectivity index is 1.80. The summed E-state index contributed by atoms with van der Waals surface area (Å²) in [6.45, 7) is 0.644. The third-order valence-electron chi connectivity index (χ3n) is 5.46. The smallest absolute Gasteiger partial charge is 0.259 e. The third kappa shape index (κ3) is 2.84. The van der Waals surface area contributed by atoms with E-state index in [2.05, 4.69) is 10.3 Å². The Morgan fingerprint density at radius 3 is 2.53 bits per heavy atom. The number of hydrogen-bond donors (Lipinski definition) is 3. The van der Waals surface area contributed by atoms with Crippen molar-refractivity contribution in [1.82, 2.24) is 14.9 Å². The number of aryl methyl sites for hydroxylation is 1. The highest BCUT2D eigenvalue weighted by Gasteiger charge is 2.35. The van der Waals surface area contributed by atoms with Crippen LogP contribution in [0.5, 0.6) is 0 Å². The van der Waals surface area contributed by atoms with Crippen LogP contribution >= 0.6 is 11.6 Å². The van der Waals surface area contributed by atoms with E-state index in [0.29, 0.717) is 40.3 Å². The highest BCUT2D eigenvalue weighted by Crippen LogP contribution is 2.38. The van der Waals surface area contributed by atoms with Gasteiger partial charge in [0.05, 0.1) is 11.1 Å². The fraction of sp³-hybridized carbons (Fsp3) is 0.130. The number of halogens is 1. The molecule has 0 saturated heterocycles. The average molecular weight is 420 g/mol. The Hall–Kier alpha value is -3.35. The first-order valence-corrected chi connectivity index (χ1v) is 10.0. The van der Waals surface area contributed by atoms with E-state index in [1.54, 1.807) is 18.3 Å². The standard InChI is InChI=1S/C23H18ClN3O3/c24-13-6-7-19-15(10-13)17(12-27(19)8-3-9-28)21-20(22(29)26-23(21)30)16-11-25-18-5-2-1-4-14(16)18/h1-2,4-7,10-12,25,28H,3,8-9H2,(H,26,29,30). The number of fused-ring (bicyclic) bond motifs is 2. The van der Waals surface area contributed by atoms with Crippen LogP contribution in [-0.2, 0) is 16.1 Å². The van der Waals surface area contributed by atoms with Gasteiger partial charge in [-0.2, -0.15) is 0 Å². The van der Waals surface area contributed by atoms with Crippen molar-refractivity contribution < 1.29 is 14.7 Å². The topological polar surface area (TPSA) is 87.1 Å². The maximum absolute atomic E-state index is 12.9. The van der Waals surface area contributed by atoms with E-state index < -0.39 is 11.8 Å². The minimum Gasteiger partial charge on any atom is -0.396 e. The molecule has 2 aromatic heterocycles. The maximum atomic E-state index is 12.9. The molecule has 0 aliphatic carbocycles. The normalized spacial score (nSPS) is 14.3. The molecule has 1 aliphatic heterocycles. The van der Waals surface area contributed by atoms with E-state index >= 15 is 0 Å². The first-order chi connectivity index (χ1) is 14.6. The van der Waals surface area contributed by atoms with Crippen LogP contribution in [0.25, 0.3) is 33.0 Å². The summed E-state index contributed by atoms with van der Waals surface area (Å²) in [7, 11) is 0. The van der Waals surface area contributed by atoms with E-state index in [4.69, 9.17) is 11.6 Å². The van der Waals surface area contributed by atoms with Gasteiger partial charge in [0.2, 0.25) is 0 Å². The summed E-state index contributed by atoms with van der Waals surface area (Å²) in [5, 5.41) is 13.9. The number of benzene rings is 2. The van der Waals surface area contributed by atoms with E-state index in [0.717, 1.165) is 21.8 Å². The van der Waals surface area contributed by atoms with Crippen LogP contribution < -0.4 is 5.32 Å². The van der Waals surface area contributed by atoms with Crippen LogP contribution in [0.4, 0.5) is 0 Å². The number of aromatic nitrogens is 2. The van der Waals surface area contributed by atoms with Gasteiger partial charge in [-0.1, -0.05) is 29.8 Å². The average Bonchev–Trinajstić information content (AvgIpc) is 3.39. The Kier molecular flexibility index (Phi) is 4.46. The second-order valence-corrected chi connectivity index (χ2v) is 7.69. The Bertz CT molecular complexity index is 1360. The molecule has 0 radical (unpaired) electrons. The molecule has 4 aromatic rings. The molecule has 3 heterocycles. The molecule has 7 heteroatoms. The fourth-order valence-electron chi connectivity index (χ4n) is 4.14. The number of aromatic amines is 1. The zero-order valence-corrected chi connectivity index (χ0v) is 16.7. The lowest BCUT2D eigenvalue weighted by Crippen LogP contribution is -2.22. The summed E-state index contributed by atoms with van der Waals surface area (Å²) < 4.78 is 1.98. The van der Waals surface area contributed by atoms with Crippen LogP contribution in [0.1, 0.15) is 17.5 Å². The number of rotatable bonds is 5. The highest BCUT2D eigenvalue weighted by atomic mass is 35.5. The van der Waals surface area contributed by atoms with E-state index in [-0.39, 0.29) is 6.61 Å². The Morgan fingerprint density at radius 2 is 1.73 bits per heavy atom. The SMILES string of the molecule is O=C1NC(=O)C(c2cn(CCCO)c3ccc(Cl)cc23)=C1c1c[nH]c2ccccc12. The number of amides is 2. The molecule has 0 bridgehead atoms. The van der Waals surface area contributed by atoms with E-state index in [1.807, 2.05) is 41.1 Å². The number of nitrogens with zero attached hydrogens (tertiary/aromatic N) is 1. The number of para-hydroxylation sites is 1. The quantitative estimate of drug-likeness (QED) is 0.431. The minimum absolute atomic E-state index is 0.0604. The molecule has 2 amide bonds. The molecule has 1 aliphatic rings. The first-order valence-electron chi connectivity index (χ1n) is 9.64. The molecule has 0 atom stereocenters. The monoisotopic (exact) mass is 419 g/mol. The van der Waals surface area contributed by atoms with Crippen molar-refractivity contribution >= 4 is 56.4 Å². The van der Waals surface area contributed by atoms with Crippen molar-refractivity contribution in [2.45, 2.75) is 13.0 Å². The molecular weight excluding hydrogens is 402 g/mol. The first kappa shape index (κ1) is 18.7. The van der Waals surface area contributed by atoms with Crippen molar-refractivity contribution in [3.05, 3.63) is 71.0 Å². The number of carbonyl (C=O) groups is 2. The zero-order chi connectivity index (χ0) is 20.8. The summed E-state index contributed by atoms with van der Waals surface area (Å²) in [5.74, 6) is -0.848. The Labute approximate surface area is 176 Å². The van der Waals surface area contributed by atoms with Crippen molar-refractivity contribution in [2.75, 3.05) is 6.61 Å². The summed E-state index contributed by atoms with van der Waals surface area (Å²) in [4.78, 5) is 28.9. The van der Waals surface area contributed by atoms with Gasteiger partial charge >= 0.3 is 0 Å². The maximum Gasteiger partial charge on any atom is 0.259 e. The number of imide groups is 1. The van der Waals surface area contributed by atoms with Crippen LogP contribution in [0.2, 0.25) is 5.02 Å². The fourth-order valence-corrected chi connectivity index (χ4v) is 4.31. The number of hydrogen-bond acceptors (Lipinski definition) is 3. The lowest BCUT2D eigenvalue weighted by molar-refractivity contribution is -0.122. The van der Waals surface area contributed by atoms with Gasteiger partial charge in [-0.05, 0) is 30.7 Å². The van der Waals surface area contributed by atoms with Crippen LogP contribution in [0.3, 0.4) is 0 Å². The van der Waals surface area contributed by atoms with Crippen molar-refractivity contribution in [1.29, 1.82) is 0 Å². The van der Waals surface area contributed by atoms with E-state index in [9.17, 15) is 14.7 Å². The third-order valence-corrected chi connectivity index (χ3v) is 5.69. The van der Waals surface area contributed by atoms with Gasteiger partial charge in [0, 0.05) is 63.5 Å². The molecule has 5 rings (SSSR count). The van der Waals surface area contributed by atoms with Gasteiger partial charge < -0.3 is 14.7 Å². The predicted molar refractivity (Wildman–Crippen MR) is 117 cm³/mol. The van der Waals surface area contributed by atoms with Gasteiger partial charge in [0.15, 0.2) is 0 Å². The van der Waals surface area contributed by atoms with Gasteiger partial charge in [0.25, 0.3) is 11.8 Å². The highest BCUT2D eigenvalue weighted by molar-refractivity contribution is 6.50. The summed E-state index contributed by atoms with van der Waals surface area (Å²) >= 11 is 6.25. The molecule has 0 saturated carbocycles. The number of aliphatic hydroxyl groups is 1. The van der Waals surface area contributed by atoms with Crippen LogP contribution in [0, 0.1) is 0 Å². The summed E-state index contributed by atoms with van der Waals surface area (Å²) in [6, 6.07) is 13.1. The largest absolute Gasteiger partial charge is 0.396 e. The summed E-state index contributed by atoms with van der Waals surface area (Å²) in [6.07, 6.45) is 4.19. The van der Waals surface area contributed by atoms with Gasteiger partial charge in [0.1, 0.15) is 0 Å².